The highest BCUT2D eigenvalue weighted by atomic mass is 32.2. The fraction of sp³-hybridized carbons (Fsp3) is 1.00. The maximum Gasteiger partial charge on any atom is 0.172 e. The normalized spacial score (nSPS) is 33.7. The summed E-state index contributed by atoms with van der Waals surface area (Å²) in [6, 6.07) is 0.294. The molecule has 0 saturated heterocycles. The number of rotatable bonds is 4. The average Bonchev–Trinajstić information content (AvgIpc) is 2.45. The molecule has 2 atom stereocenters. The highest BCUT2D eigenvalue weighted by Gasteiger charge is 2.21. The van der Waals surface area contributed by atoms with Gasteiger partial charge in [-0.1, -0.05) is 13.8 Å². The van der Waals surface area contributed by atoms with Gasteiger partial charge in [0.05, 0.1) is 6.54 Å². The van der Waals surface area contributed by atoms with Crippen molar-refractivity contribution in [2.75, 3.05) is 13.6 Å². The molecule has 78 valence electrons. The Bertz CT molecular complexity index is 269. The summed E-state index contributed by atoms with van der Waals surface area (Å²) in [7, 11) is -0.593. The van der Waals surface area contributed by atoms with Crippen LogP contribution in [0.4, 0.5) is 0 Å². The summed E-state index contributed by atoms with van der Waals surface area (Å²) < 4.78 is 21.4. The van der Waals surface area contributed by atoms with Crippen LogP contribution in [0.1, 0.15) is 26.7 Å². The van der Waals surface area contributed by atoms with Crippen molar-refractivity contribution in [2.24, 2.45) is 10.3 Å². The lowest BCUT2D eigenvalue weighted by Crippen LogP contribution is -2.36. The minimum atomic E-state index is -2.26. The fourth-order valence-electron chi connectivity index (χ4n) is 1.30. The van der Waals surface area contributed by atoms with Crippen LogP contribution >= 0.6 is 0 Å². The van der Waals surface area contributed by atoms with Gasteiger partial charge in [-0.2, -0.15) is 0 Å². The molecule has 0 spiro atoms. The lowest BCUT2D eigenvalue weighted by molar-refractivity contribution is 0.491. The average molecular weight is 205 g/mol. The van der Waals surface area contributed by atoms with Crippen molar-refractivity contribution in [2.45, 2.75) is 32.7 Å². The second kappa shape index (κ2) is 4.39. The standard InChI is InChI=1S/C8H19N3OS/c1-7(2)4-5-8-6-10-13(12,9-3)11-8/h7-8H,4-6H2,1-3H3,(H2,9,10,11,12). The van der Waals surface area contributed by atoms with E-state index in [1.165, 1.54) is 0 Å². The van der Waals surface area contributed by atoms with Crippen LogP contribution < -0.4 is 9.44 Å². The first kappa shape index (κ1) is 10.9. The molecule has 0 saturated carbocycles. The molecule has 13 heavy (non-hydrogen) atoms. The molecule has 2 unspecified atom stereocenters. The maximum atomic E-state index is 11.6. The zero-order chi connectivity index (χ0) is 9.90. The SMILES string of the molecule is CNS1(=O)=NCC(CCC(C)C)N1. The molecule has 0 aromatic rings. The predicted octanol–water partition coefficient (Wildman–Crippen LogP) is 0.912. The van der Waals surface area contributed by atoms with E-state index in [-0.39, 0.29) is 0 Å². The van der Waals surface area contributed by atoms with E-state index in [0.717, 1.165) is 12.8 Å². The van der Waals surface area contributed by atoms with Crippen molar-refractivity contribution in [1.29, 1.82) is 0 Å². The van der Waals surface area contributed by atoms with Crippen LogP contribution in [0.3, 0.4) is 0 Å². The van der Waals surface area contributed by atoms with Crippen molar-refractivity contribution in [3.63, 3.8) is 0 Å². The zero-order valence-corrected chi connectivity index (χ0v) is 9.36. The predicted molar refractivity (Wildman–Crippen MR) is 55.5 cm³/mol. The minimum absolute atomic E-state index is 0.294. The van der Waals surface area contributed by atoms with Crippen LogP contribution in [0, 0.1) is 5.92 Å². The first-order valence-corrected chi connectivity index (χ1v) is 6.26. The summed E-state index contributed by atoms with van der Waals surface area (Å²) in [5, 5.41) is 0. The van der Waals surface area contributed by atoms with Crippen LogP contribution in [0.5, 0.6) is 0 Å². The lowest BCUT2D eigenvalue weighted by atomic mass is 10.0. The van der Waals surface area contributed by atoms with Gasteiger partial charge < -0.3 is 0 Å². The molecule has 1 heterocycles. The molecule has 0 aromatic carbocycles. The number of hydrogen-bond donors (Lipinski definition) is 2. The summed E-state index contributed by atoms with van der Waals surface area (Å²) in [5.74, 6) is 0.702. The largest absolute Gasteiger partial charge is 0.222 e. The molecule has 1 aliphatic rings. The topological polar surface area (TPSA) is 53.5 Å². The van der Waals surface area contributed by atoms with Gasteiger partial charge in [0, 0.05) is 6.04 Å². The molecule has 1 aliphatic heterocycles. The summed E-state index contributed by atoms with van der Waals surface area (Å²) in [6.07, 6.45) is 2.21. The van der Waals surface area contributed by atoms with E-state index in [1.807, 2.05) is 0 Å². The molecule has 0 aromatic heterocycles. The zero-order valence-electron chi connectivity index (χ0n) is 8.54. The Morgan fingerprint density at radius 1 is 1.69 bits per heavy atom. The fourth-order valence-corrected chi connectivity index (χ4v) is 2.66. The van der Waals surface area contributed by atoms with Gasteiger partial charge in [-0.3, -0.25) is 0 Å². The second-order valence-corrected chi connectivity index (χ2v) is 5.78. The van der Waals surface area contributed by atoms with Crippen molar-refractivity contribution in [3.05, 3.63) is 0 Å². The van der Waals surface area contributed by atoms with Crippen LogP contribution in [0.2, 0.25) is 0 Å². The Morgan fingerprint density at radius 2 is 2.38 bits per heavy atom. The Morgan fingerprint density at radius 3 is 2.85 bits per heavy atom. The quantitative estimate of drug-likeness (QED) is 0.704. The van der Waals surface area contributed by atoms with Gasteiger partial charge in [0.2, 0.25) is 0 Å². The van der Waals surface area contributed by atoms with E-state index in [9.17, 15) is 4.21 Å². The molecular formula is C8H19N3OS. The summed E-state index contributed by atoms with van der Waals surface area (Å²) in [4.78, 5) is 0. The van der Waals surface area contributed by atoms with E-state index in [4.69, 9.17) is 0 Å². The highest BCUT2D eigenvalue weighted by molar-refractivity contribution is 7.90. The first-order chi connectivity index (χ1) is 6.06. The first-order valence-electron chi connectivity index (χ1n) is 4.74. The van der Waals surface area contributed by atoms with Crippen LogP contribution in [0.15, 0.2) is 4.36 Å². The molecule has 0 fully saturated rings. The van der Waals surface area contributed by atoms with Crippen LogP contribution in [-0.2, 0) is 10.1 Å². The number of nitrogens with one attached hydrogen (secondary N) is 2. The van der Waals surface area contributed by atoms with Gasteiger partial charge in [-0.25, -0.2) is 18.0 Å². The van der Waals surface area contributed by atoms with Crippen LogP contribution in [0.25, 0.3) is 0 Å². The van der Waals surface area contributed by atoms with Crippen LogP contribution in [-0.4, -0.2) is 23.8 Å². The summed E-state index contributed by atoms with van der Waals surface area (Å²) in [5.41, 5.74) is 0. The van der Waals surface area contributed by atoms with E-state index in [1.54, 1.807) is 7.05 Å². The van der Waals surface area contributed by atoms with Gasteiger partial charge in [-0.05, 0) is 25.8 Å². The molecule has 0 aliphatic carbocycles. The number of hydrogen-bond acceptors (Lipinski definition) is 2. The van der Waals surface area contributed by atoms with E-state index < -0.39 is 10.1 Å². The Labute approximate surface area is 80.9 Å². The van der Waals surface area contributed by atoms with Crippen molar-refractivity contribution in [3.8, 4) is 0 Å². The molecule has 2 N–H and O–H groups in total. The maximum absolute atomic E-state index is 11.6. The van der Waals surface area contributed by atoms with E-state index >= 15 is 0 Å². The third kappa shape index (κ3) is 3.25. The molecule has 4 nitrogen and oxygen atoms in total. The lowest BCUT2D eigenvalue weighted by Gasteiger charge is -2.11. The van der Waals surface area contributed by atoms with E-state index in [2.05, 4.69) is 27.7 Å². The minimum Gasteiger partial charge on any atom is -0.222 e. The summed E-state index contributed by atoms with van der Waals surface area (Å²) >= 11 is 0. The second-order valence-electron chi connectivity index (χ2n) is 3.83. The molecule has 0 bridgehead atoms. The monoisotopic (exact) mass is 205 g/mol. The van der Waals surface area contributed by atoms with Gasteiger partial charge in [0.15, 0.2) is 10.1 Å². The Kier molecular flexibility index (Phi) is 3.70. The van der Waals surface area contributed by atoms with E-state index in [0.29, 0.717) is 18.5 Å². The molecule has 0 amide bonds. The van der Waals surface area contributed by atoms with Crippen molar-refractivity contribution < 1.29 is 4.21 Å². The summed E-state index contributed by atoms with van der Waals surface area (Å²) in [6.45, 7) is 5.06. The van der Waals surface area contributed by atoms with Crippen molar-refractivity contribution in [1.82, 2.24) is 9.44 Å². The molecule has 1 rings (SSSR count). The Hall–Kier alpha value is -0.130. The van der Waals surface area contributed by atoms with Gasteiger partial charge in [-0.15, -0.1) is 0 Å². The van der Waals surface area contributed by atoms with Crippen molar-refractivity contribution >= 4 is 10.1 Å². The van der Waals surface area contributed by atoms with Gasteiger partial charge >= 0.3 is 0 Å². The third-order valence-electron chi connectivity index (χ3n) is 2.17. The number of nitrogens with zero attached hydrogens (tertiary/aromatic N) is 1. The highest BCUT2D eigenvalue weighted by Crippen LogP contribution is 2.11. The Balaban J connectivity index is 2.34. The van der Waals surface area contributed by atoms with Gasteiger partial charge in [0.25, 0.3) is 0 Å². The van der Waals surface area contributed by atoms with Gasteiger partial charge in [0.1, 0.15) is 0 Å². The molecule has 5 heteroatoms. The molecular weight excluding hydrogens is 186 g/mol. The molecule has 0 radical (unpaired) electrons. The third-order valence-corrected chi connectivity index (χ3v) is 3.89. The smallest absolute Gasteiger partial charge is 0.172 e.